The van der Waals surface area contributed by atoms with Crippen molar-refractivity contribution in [1.29, 1.82) is 0 Å². The van der Waals surface area contributed by atoms with Gasteiger partial charge in [-0.05, 0) is 23.8 Å². The summed E-state index contributed by atoms with van der Waals surface area (Å²) in [6.07, 6.45) is -4.42. The molecule has 136 valence electrons. The van der Waals surface area contributed by atoms with E-state index in [1.165, 1.54) is 12.1 Å². The van der Waals surface area contributed by atoms with Crippen molar-refractivity contribution >= 4 is 17.5 Å². The lowest BCUT2D eigenvalue weighted by molar-refractivity contribution is -0.137. The van der Waals surface area contributed by atoms with Gasteiger partial charge in [-0.1, -0.05) is 36.4 Å². The molecule has 0 radical (unpaired) electrons. The predicted octanol–water partition coefficient (Wildman–Crippen LogP) is 3.69. The van der Waals surface area contributed by atoms with E-state index in [1.807, 2.05) is 30.3 Å². The Morgan fingerprint density at radius 3 is 2.54 bits per heavy atom. The molecule has 1 aliphatic heterocycles. The molecule has 26 heavy (non-hydrogen) atoms. The van der Waals surface area contributed by atoms with Gasteiger partial charge in [0.1, 0.15) is 0 Å². The van der Waals surface area contributed by atoms with E-state index in [0.29, 0.717) is 6.54 Å². The number of carbonyl (C=O) groups is 2. The summed E-state index contributed by atoms with van der Waals surface area (Å²) in [6, 6.07) is 13.9. The van der Waals surface area contributed by atoms with E-state index in [1.54, 1.807) is 4.90 Å². The van der Waals surface area contributed by atoms with Crippen LogP contribution < -0.4 is 5.32 Å². The summed E-state index contributed by atoms with van der Waals surface area (Å²) >= 11 is 0. The number of amides is 2. The largest absolute Gasteiger partial charge is 0.416 e. The number of alkyl halides is 3. The van der Waals surface area contributed by atoms with E-state index >= 15 is 0 Å². The Morgan fingerprint density at radius 1 is 1.12 bits per heavy atom. The quantitative estimate of drug-likeness (QED) is 0.902. The molecule has 0 saturated carbocycles. The monoisotopic (exact) mass is 362 g/mol. The van der Waals surface area contributed by atoms with Gasteiger partial charge in [-0.2, -0.15) is 13.2 Å². The normalized spacial score (nSPS) is 17.4. The van der Waals surface area contributed by atoms with E-state index in [0.717, 1.165) is 17.7 Å². The van der Waals surface area contributed by atoms with Crippen molar-refractivity contribution in [2.45, 2.75) is 19.1 Å². The number of rotatable bonds is 4. The van der Waals surface area contributed by atoms with Crippen molar-refractivity contribution in [3.63, 3.8) is 0 Å². The molecule has 1 aliphatic rings. The zero-order chi connectivity index (χ0) is 18.7. The molecule has 0 bridgehead atoms. The summed E-state index contributed by atoms with van der Waals surface area (Å²) in [4.78, 5) is 26.1. The van der Waals surface area contributed by atoms with Crippen LogP contribution >= 0.6 is 0 Å². The first kappa shape index (κ1) is 18.0. The van der Waals surface area contributed by atoms with Gasteiger partial charge >= 0.3 is 6.18 Å². The minimum Gasteiger partial charge on any atom is -0.338 e. The first-order valence-corrected chi connectivity index (χ1v) is 8.13. The lowest BCUT2D eigenvalue weighted by Gasteiger charge is -2.17. The van der Waals surface area contributed by atoms with E-state index in [-0.39, 0.29) is 24.6 Å². The maximum absolute atomic E-state index is 12.8. The van der Waals surface area contributed by atoms with Crippen LogP contribution in [-0.2, 0) is 22.3 Å². The van der Waals surface area contributed by atoms with Gasteiger partial charge in [0.2, 0.25) is 11.8 Å². The molecule has 1 heterocycles. The highest BCUT2D eigenvalue weighted by Gasteiger charge is 2.35. The topological polar surface area (TPSA) is 49.4 Å². The highest BCUT2D eigenvalue weighted by molar-refractivity contribution is 5.97. The first-order valence-electron chi connectivity index (χ1n) is 8.13. The number of benzene rings is 2. The average Bonchev–Trinajstić information content (AvgIpc) is 2.96. The summed E-state index contributed by atoms with van der Waals surface area (Å²) in [5, 5.41) is 2.48. The molecule has 2 aromatic rings. The summed E-state index contributed by atoms with van der Waals surface area (Å²) in [5.41, 5.74) is 0.196. The lowest BCUT2D eigenvalue weighted by atomic mass is 10.1. The van der Waals surface area contributed by atoms with Crippen molar-refractivity contribution in [1.82, 2.24) is 4.90 Å². The standard InChI is InChI=1S/C19H17F3N2O2/c20-19(21,22)15-7-4-8-16(10-15)23-18(26)14-9-17(25)24(12-14)11-13-5-2-1-3-6-13/h1-8,10,14H,9,11-12H2,(H,23,26)/t14-/m0/s1. The van der Waals surface area contributed by atoms with Crippen LogP contribution in [0.15, 0.2) is 54.6 Å². The maximum atomic E-state index is 12.8. The van der Waals surface area contributed by atoms with E-state index in [2.05, 4.69) is 5.32 Å². The molecule has 1 N–H and O–H groups in total. The Kier molecular flexibility index (Phi) is 4.97. The average molecular weight is 362 g/mol. The number of anilines is 1. The van der Waals surface area contributed by atoms with Gasteiger partial charge in [0.25, 0.3) is 0 Å². The van der Waals surface area contributed by atoms with Crippen molar-refractivity contribution in [2.24, 2.45) is 5.92 Å². The molecule has 0 aliphatic carbocycles. The molecular weight excluding hydrogens is 345 g/mol. The Balaban J connectivity index is 1.63. The zero-order valence-electron chi connectivity index (χ0n) is 13.8. The fraction of sp³-hybridized carbons (Fsp3) is 0.263. The van der Waals surface area contributed by atoms with Crippen LogP contribution in [0.25, 0.3) is 0 Å². The molecule has 3 rings (SSSR count). The van der Waals surface area contributed by atoms with Gasteiger partial charge in [-0.25, -0.2) is 0 Å². The van der Waals surface area contributed by atoms with Crippen LogP contribution in [0.1, 0.15) is 17.5 Å². The first-order chi connectivity index (χ1) is 12.3. The third-order valence-electron chi connectivity index (χ3n) is 4.26. The molecule has 2 amide bonds. The molecule has 1 atom stereocenters. The molecule has 0 unspecified atom stereocenters. The number of nitrogens with one attached hydrogen (secondary N) is 1. The molecule has 2 aromatic carbocycles. The molecule has 1 fully saturated rings. The number of nitrogens with zero attached hydrogens (tertiary/aromatic N) is 1. The van der Waals surface area contributed by atoms with Crippen LogP contribution in [0, 0.1) is 5.92 Å². The zero-order valence-corrected chi connectivity index (χ0v) is 13.8. The van der Waals surface area contributed by atoms with Crippen LogP contribution in [0.5, 0.6) is 0 Å². The van der Waals surface area contributed by atoms with E-state index < -0.39 is 23.6 Å². The Labute approximate surface area is 148 Å². The number of halogens is 3. The number of hydrogen-bond donors (Lipinski definition) is 1. The van der Waals surface area contributed by atoms with Crippen molar-refractivity contribution < 1.29 is 22.8 Å². The van der Waals surface area contributed by atoms with Crippen LogP contribution in [-0.4, -0.2) is 23.3 Å². The lowest BCUT2D eigenvalue weighted by Crippen LogP contribution is -2.28. The van der Waals surface area contributed by atoms with Gasteiger partial charge < -0.3 is 10.2 Å². The Morgan fingerprint density at radius 2 is 1.85 bits per heavy atom. The molecular formula is C19H17F3N2O2. The smallest absolute Gasteiger partial charge is 0.338 e. The van der Waals surface area contributed by atoms with E-state index in [4.69, 9.17) is 0 Å². The van der Waals surface area contributed by atoms with Crippen LogP contribution in [0.3, 0.4) is 0 Å². The number of likely N-dealkylation sites (tertiary alicyclic amines) is 1. The number of hydrogen-bond acceptors (Lipinski definition) is 2. The predicted molar refractivity (Wildman–Crippen MR) is 90.0 cm³/mol. The van der Waals surface area contributed by atoms with Gasteiger partial charge in [0, 0.05) is 25.2 Å². The second-order valence-electron chi connectivity index (χ2n) is 6.23. The van der Waals surface area contributed by atoms with Crippen LogP contribution in [0.2, 0.25) is 0 Å². The highest BCUT2D eigenvalue weighted by atomic mass is 19.4. The van der Waals surface area contributed by atoms with Crippen molar-refractivity contribution in [3.05, 3.63) is 65.7 Å². The molecule has 1 saturated heterocycles. The molecule has 7 heteroatoms. The summed E-state index contributed by atoms with van der Waals surface area (Å²) in [7, 11) is 0. The maximum Gasteiger partial charge on any atom is 0.416 e. The van der Waals surface area contributed by atoms with Gasteiger partial charge in [0.05, 0.1) is 11.5 Å². The highest BCUT2D eigenvalue weighted by Crippen LogP contribution is 2.31. The molecule has 0 spiro atoms. The minimum absolute atomic E-state index is 0.0532. The third kappa shape index (κ3) is 4.22. The second kappa shape index (κ2) is 7.19. The van der Waals surface area contributed by atoms with Crippen molar-refractivity contribution in [2.75, 3.05) is 11.9 Å². The summed E-state index contributed by atoms with van der Waals surface area (Å²) < 4.78 is 38.3. The second-order valence-corrected chi connectivity index (χ2v) is 6.23. The van der Waals surface area contributed by atoms with Crippen molar-refractivity contribution in [3.8, 4) is 0 Å². The van der Waals surface area contributed by atoms with Crippen LogP contribution in [0.4, 0.5) is 18.9 Å². The molecule has 4 nitrogen and oxygen atoms in total. The van der Waals surface area contributed by atoms with Gasteiger partial charge in [-0.3, -0.25) is 9.59 Å². The summed E-state index contributed by atoms with van der Waals surface area (Å²) in [5.74, 6) is -1.17. The van der Waals surface area contributed by atoms with Gasteiger partial charge in [0.15, 0.2) is 0 Å². The third-order valence-corrected chi connectivity index (χ3v) is 4.26. The Hall–Kier alpha value is -2.83. The minimum atomic E-state index is -4.48. The van der Waals surface area contributed by atoms with E-state index in [9.17, 15) is 22.8 Å². The number of carbonyl (C=O) groups excluding carboxylic acids is 2. The molecule has 0 aromatic heterocycles. The SMILES string of the molecule is O=C(Nc1cccc(C(F)(F)F)c1)[C@H]1CC(=O)N(Cc2ccccc2)C1. The Bertz CT molecular complexity index is 806. The fourth-order valence-electron chi connectivity index (χ4n) is 2.92. The fourth-order valence-corrected chi connectivity index (χ4v) is 2.92. The van der Waals surface area contributed by atoms with Gasteiger partial charge in [-0.15, -0.1) is 0 Å². The summed E-state index contributed by atoms with van der Waals surface area (Å²) in [6.45, 7) is 0.658.